The number of nitrogens with zero attached hydrogens (tertiary/aromatic N) is 3. The molecule has 3 N–H and O–H groups in total. The van der Waals surface area contributed by atoms with Crippen LogP contribution in [-0.4, -0.2) is 16.1 Å². The van der Waals surface area contributed by atoms with Crippen molar-refractivity contribution in [1.82, 2.24) is 4.98 Å². The summed E-state index contributed by atoms with van der Waals surface area (Å²) in [5, 5.41) is 22.5. The topological polar surface area (TPSA) is 116 Å². The zero-order chi connectivity index (χ0) is 24.1. The number of nitrogens with one attached hydrogen (secondary N) is 1. The van der Waals surface area contributed by atoms with E-state index < -0.39 is 5.25 Å². The third kappa shape index (κ3) is 5.16. The Balaban J connectivity index is 2.02. The van der Waals surface area contributed by atoms with Crippen LogP contribution in [0.5, 0.6) is 0 Å². The number of amides is 1. The van der Waals surface area contributed by atoms with Gasteiger partial charge in [0.25, 0.3) is 0 Å². The van der Waals surface area contributed by atoms with Gasteiger partial charge in [-0.05, 0) is 49.9 Å². The van der Waals surface area contributed by atoms with Crippen molar-refractivity contribution < 1.29 is 4.79 Å². The van der Waals surface area contributed by atoms with E-state index in [2.05, 4.69) is 22.4 Å². The highest BCUT2D eigenvalue weighted by Crippen LogP contribution is 2.37. The Labute approximate surface area is 198 Å². The van der Waals surface area contributed by atoms with E-state index >= 15 is 0 Å². The molecule has 0 aliphatic heterocycles. The molecule has 3 rings (SSSR count). The van der Waals surface area contributed by atoms with Gasteiger partial charge < -0.3 is 11.1 Å². The van der Waals surface area contributed by atoms with Gasteiger partial charge in [0.05, 0.1) is 10.8 Å². The molecular weight excluding hydrogens is 430 g/mol. The molecule has 33 heavy (non-hydrogen) atoms. The molecular formula is C26H25N5OS. The van der Waals surface area contributed by atoms with Crippen molar-refractivity contribution in [2.24, 2.45) is 0 Å². The zero-order valence-corrected chi connectivity index (χ0v) is 19.9. The van der Waals surface area contributed by atoms with Gasteiger partial charge in [0.2, 0.25) is 5.91 Å². The molecule has 2 aromatic carbocycles. The number of carbonyl (C=O) groups is 1. The first-order valence-corrected chi connectivity index (χ1v) is 11.4. The fourth-order valence-electron chi connectivity index (χ4n) is 3.43. The number of nitrogen functional groups attached to an aromatic ring is 1. The summed E-state index contributed by atoms with van der Waals surface area (Å²) in [6.07, 6.45) is 0.522. The smallest absolute Gasteiger partial charge is 0.237 e. The molecule has 0 saturated heterocycles. The van der Waals surface area contributed by atoms with Crippen molar-refractivity contribution in [3.05, 3.63) is 70.3 Å². The molecule has 6 nitrogen and oxygen atoms in total. The van der Waals surface area contributed by atoms with Gasteiger partial charge in [0.15, 0.2) is 0 Å². The summed E-state index contributed by atoms with van der Waals surface area (Å²) < 4.78 is 0. The number of benzene rings is 2. The number of pyridine rings is 1. The normalized spacial score (nSPS) is 11.3. The van der Waals surface area contributed by atoms with E-state index in [0.29, 0.717) is 22.6 Å². The number of anilines is 2. The molecule has 0 aliphatic rings. The Morgan fingerprint density at radius 1 is 1.06 bits per heavy atom. The Bertz CT molecular complexity index is 1290. The molecule has 0 radical (unpaired) electrons. The highest BCUT2D eigenvalue weighted by Gasteiger charge is 2.25. The first-order chi connectivity index (χ1) is 15.8. The number of aromatic nitrogens is 1. The largest absolute Gasteiger partial charge is 0.383 e. The van der Waals surface area contributed by atoms with Crippen LogP contribution in [0.4, 0.5) is 11.5 Å². The molecule has 1 aromatic heterocycles. The SMILES string of the molecule is CCC(Sc1nc(N)c(C#N)c(-c2ccc(C)cc2)c1C#N)C(=O)Nc1cc(C)ccc1C. The number of aryl methyl sites for hydroxylation is 3. The molecule has 1 heterocycles. The minimum absolute atomic E-state index is 0.0411. The Morgan fingerprint density at radius 3 is 2.30 bits per heavy atom. The van der Waals surface area contributed by atoms with Gasteiger partial charge in [0.1, 0.15) is 28.5 Å². The Kier molecular flexibility index (Phi) is 7.37. The average Bonchev–Trinajstić information content (AvgIpc) is 2.79. The van der Waals surface area contributed by atoms with E-state index in [4.69, 9.17) is 5.73 Å². The standard InChI is InChI=1S/C26H25N5OS/c1-5-22(25(32)30-21-12-16(3)6-9-17(21)4)33-26-20(14-28)23(19(13-27)24(29)31-26)18-10-7-15(2)8-11-18/h6-12,22H,5H2,1-4H3,(H2,29,31)(H,30,32). The van der Waals surface area contributed by atoms with Crippen molar-refractivity contribution >= 4 is 29.2 Å². The van der Waals surface area contributed by atoms with Crippen LogP contribution in [-0.2, 0) is 4.79 Å². The summed E-state index contributed by atoms with van der Waals surface area (Å²) in [5.41, 5.74) is 11.5. The first-order valence-electron chi connectivity index (χ1n) is 10.5. The van der Waals surface area contributed by atoms with E-state index in [-0.39, 0.29) is 22.9 Å². The molecule has 1 amide bonds. The number of rotatable bonds is 6. The molecule has 7 heteroatoms. The number of carbonyl (C=O) groups excluding carboxylic acids is 1. The number of hydrogen-bond acceptors (Lipinski definition) is 6. The van der Waals surface area contributed by atoms with Crippen LogP contribution in [0.2, 0.25) is 0 Å². The average molecular weight is 456 g/mol. The van der Waals surface area contributed by atoms with Gasteiger partial charge in [-0.1, -0.05) is 60.6 Å². The second-order valence-corrected chi connectivity index (χ2v) is 9.03. The van der Waals surface area contributed by atoms with Gasteiger partial charge in [-0.2, -0.15) is 10.5 Å². The first kappa shape index (κ1) is 23.8. The molecule has 1 atom stereocenters. The molecule has 0 saturated carbocycles. The summed E-state index contributed by atoms with van der Waals surface area (Å²) in [6, 6.07) is 17.7. The highest BCUT2D eigenvalue weighted by atomic mass is 32.2. The lowest BCUT2D eigenvalue weighted by molar-refractivity contribution is -0.115. The third-order valence-corrected chi connectivity index (χ3v) is 6.67. The molecule has 166 valence electrons. The zero-order valence-electron chi connectivity index (χ0n) is 19.1. The third-order valence-electron chi connectivity index (χ3n) is 5.32. The van der Waals surface area contributed by atoms with Crippen molar-refractivity contribution in [1.29, 1.82) is 10.5 Å². The fourth-order valence-corrected chi connectivity index (χ4v) is 4.45. The van der Waals surface area contributed by atoms with Gasteiger partial charge >= 0.3 is 0 Å². The predicted molar refractivity (Wildman–Crippen MR) is 133 cm³/mol. The van der Waals surface area contributed by atoms with Crippen LogP contribution in [0.15, 0.2) is 47.5 Å². The van der Waals surface area contributed by atoms with E-state index in [9.17, 15) is 15.3 Å². The lowest BCUT2D eigenvalue weighted by Gasteiger charge is -2.18. The van der Waals surface area contributed by atoms with Crippen LogP contribution in [0.1, 0.15) is 41.2 Å². The van der Waals surface area contributed by atoms with Gasteiger partial charge in [0, 0.05) is 11.3 Å². The summed E-state index contributed by atoms with van der Waals surface area (Å²) in [7, 11) is 0. The van der Waals surface area contributed by atoms with Crippen molar-refractivity contribution in [2.75, 3.05) is 11.1 Å². The summed E-state index contributed by atoms with van der Waals surface area (Å²) in [5.74, 6) is -0.138. The highest BCUT2D eigenvalue weighted by molar-refractivity contribution is 8.00. The number of thioether (sulfide) groups is 1. The monoisotopic (exact) mass is 455 g/mol. The van der Waals surface area contributed by atoms with Gasteiger partial charge in [-0.15, -0.1) is 0 Å². The Morgan fingerprint density at radius 2 is 1.70 bits per heavy atom. The van der Waals surface area contributed by atoms with Crippen LogP contribution in [0, 0.1) is 43.4 Å². The van der Waals surface area contributed by atoms with Gasteiger partial charge in [-0.3, -0.25) is 4.79 Å². The second-order valence-electron chi connectivity index (χ2n) is 7.84. The molecule has 0 aliphatic carbocycles. The van der Waals surface area contributed by atoms with Crippen LogP contribution in [0.3, 0.4) is 0 Å². The molecule has 1 unspecified atom stereocenters. The molecule has 0 spiro atoms. The maximum atomic E-state index is 13.1. The fraction of sp³-hybridized carbons (Fsp3) is 0.231. The lowest BCUT2D eigenvalue weighted by atomic mass is 9.96. The van der Waals surface area contributed by atoms with Crippen LogP contribution >= 0.6 is 11.8 Å². The van der Waals surface area contributed by atoms with Gasteiger partial charge in [-0.25, -0.2) is 4.98 Å². The van der Waals surface area contributed by atoms with Crippen molar-refractivity contribution in [3.8, 4) is 23.3 Å². The lowest BCUT2D eigenvalue weighted by Crippen LogP contribution is -2.25. The van der Waals surface area contributed by atoms with E-state index in [1.165, 1.54) is 11.8 Å². The maximum Gasteiger partial charge on any atom is 0.237 e. The van der Waals surface area contributed by atoms with E-state index in [1.807, 2.05) is 70.2 Å². The summed E-state index contributed by atoms with van der Waals surface area (Å²) in [6.45, 7) is 7.77. The predicted octanol–water partition coefficient (Wildman–Crippen LogP) is 5.51. The van der Waals surface area contributed by atoms with E-state index in [1.54, 1.807) is 0 Å². The van der Waals surface area contributed by atoms with Crippen LogP contribution in [0.25, 0.3) is 11.1 Å². The maximum absolute atomic E-state index is 13.1. The van der Waals surface area contributed by atoms with Crippen molar-refractivity contribution in [2.45, 2.75) is 44.4 Å². The number of nitriles is 2. The number of nitrogens with two attached hydrogens (primary N) is 1. The summed E-state index contributed by atoms with van der Waals surface area (Å²) in [4.78, 5) is 17.4. The quantitative estimate of drug-likeness (QED) is 0.474. The summed E-state index contributed by atoms with van der Waals surface area (Å²) >= 11 is 1.19. The molecule has 3 aromatic rings. The minimum atomic E-state index is -0.497. The molecule has 0 fully saturated rings. The van der Waals surface area contributed by atoms with Crippen LogP contribution < -0.4 is 11.1 Å². The molecule has 0 bridgehead atoms. The second kappa shape index (κ2) is 10.2. The van der Waals surface area contributed by atoms with E-state index in [0.717, 1.165) is 22.4 Å². The minimum Gasteiger partial charge on any atom is -0.383 e. The number of hydrogen-bond donors (Lipinski definition) is 2. The van der Waals surface area contributed by atoms with Crippen molar-refractivity contribution in [3.63, 3.8) is 0 Å². The Hall–Kier alpha value is -3.81.